The molecule has 354 valence electrons. The van der Waals surface area contributed by atoms with Crippen LogP contribution in [-0.2, 0) is 42.9 Å². The zero-order valence-corrected chi connectivity index (χ0v) is 39.3. The highest BCUT2D eigenvalue weighted by molar-refractivity contribution is 6.39. The number of carbonyl (C=O) groups is 5. The number of fused-ring (bicyclic) bond motifs is 3. The molecular formula is C50H77NO12. The summed E-state index contributed by atoms with van der Waals surface area (Å²) in [5.74, 6) is -7.65. The molecule has 3 fully saturated rings. The number of esters is 1. The number of methoxy groups -OCH3 is 2. The van der Waals surface area contributed by atoms with Crippen LogP contribution in [-0.4, -0.2) is 119 Å². The van der Waals surface area contributed by atoms with Crippen molar-refractivity contribution in [3.05, 3.63) is 47.6 Å². The number of aliphatic hydroxyl groups excluding tert-OH is 2. The van der Waals surface area contributed by atoms with Crippen LogP contribution in [0.25, 0.3) is 0 Å². The minimum atomic E-state index is -2.36. The van der Waals surface area contributed by atoms with Crippen LogP contribution in [0.4, 0.5) is 0 Å². The fraction of sp³-hybridized carbons (Fsp3) is 0.740. The van der Waals surface area contributed by atoms with Crippen LogP contribution in [0.5, 0.6) is 0 Å². The number of allylic oxidation sites excluding steroid dienone is 7. The first-order valence-electron chi connectivity index (χ1n) is 23.4. The van der Waals surface area contributed by atoms with Crippen molar-refractivity contribution in [3.8, 4) is 0 Å². The van der Waals surface area contributed by atoms with Gasteiger partial charge in [0.05, 0.1) is 18.3 Å². The summed E-state index contributed by atoms with van der Waals surface area (Å²) in [6.07, 6.45) is 13.1. The highest BCUT2D eigenvalue weighted by atomic mass is 16.6. The number of hydrogen-bond acceptors (Lipinski definition) is 12. The minimum Gasteiger partial charge on any atom is -0.460 e. The summed E-state index contributed by atoms with van der Waals surface area (Å²) in [6, 6.07) is -1.11. The number of piperidine rings is 1. The molecule has 14 atom stereocenters. The van der Waals surface area contributed by atoms with Crippen molar-refractivity contribution in [2.45, 2.75) is 180 Å². The van der Waals surface area contributed by atoms with Crippen LogP contribution in [0.2, 0.25) is 0 Å². The van der Waals surface area contributed by atoms with Crippen LogP contribution in [0.3, 0.4) is 0 Å². The number of Topliss-reactive ketones (excluding diaryl/α,β-unsaturated/α-hetero) is 3. The molecule has 13 heteroatoms. The van der Waals surface area contributed by atoms with Gasteiger partial charge in [-0.15, -0.1) is 0 Å². The summed E-state index contributed by atoms with van der Waals surface area (Å²) in [5.41, 5.74) is 1.46. The van der Waals surface area contributed by atoms with Crippen LogP contribution < -0.4 is 0 Å². The third-order valence-corrected chi connectivity index (χ3v) is 14.1. The molecule has 1 amide bonds. The first kappa shape index (κ1) is 52.3. The molecule has 0 aromatic carbocycles. The molecule has 4 rings (SSSR count). The maximum absolute atomic E-state index is 14.3. The van der Waals surface area contributed by atoms with E-state index in [0.29, 0.717) is 69.8 Å². The average molecular weight is 884 g/mol. The first-order chi connectivity index (χ1) is 29.8. The molecule has 1 saturated carbocycles. The van der Waals surface area contributed by atoms with Crippen molar-refractivity contribution in [3.63, 3.8) is 0 Å². The van der Waals surface area contributed by atoms with Gasteiger partial charge in [-0.25, -0.2) is 4.79 Å². The summed E-state index contributed by atoms with van der Waals surface area (Å²) < 4.78 is 23.5. The minimum absolute atomic E-state index is 0.0501. The maximum Gasteiger partial charge on any atom is 0.329 e. The second-order valence-corrected chi connectivity index (χ2v) is 19.3. The van der Waals surface area contributed by atoms with Gasteiger partial charge in [0.15, 0.2) is 5.78 Å². The quantitative estimate of drug-likeness (QED) is 0.154. The summed E-state index contributed by atoms with van der Waals surface area (Å²) in [6.45, 7) is 12.9. The zero-order chi connectivity index (χ0) is 46.6. The predicted octanol–water partition coefficient (Wildman–Crippen LogP) is 6.56. The standard InChI is InChI=1S/C50H77NO12/c1-30-15-11-10-12-16-31(2)25-34(5)44(54)46(61-9)45(55)35(6)26-32(3)41(53)29-42(33(4)27-37-20-23-40(52)43(28-37)60-8)62-49(58)39-17-13-14-24-51(39)48(57)47(56)50(59)36(7)19-22-38(63-50)21-18-30/h10-12,15-16,26,31-34,36-40,42-43,45-46,52,55,59H,13-14,17-25,27-29H2,1-9H3/b11-10+,16-12+,30-15+,35-26+/t31-,32-,33-,34-,36-,37+,38-,39+,40-,42+,43-,45-,46?,50-/m1/s1. The van der Waals surface area contributed by atoms with E-state index in [9.17, 15) is 39.3 Å². The van der Waals surface area contributed by atoms with Crippen LogP contribution in [0.15, 0.2) is 47.6 Å². The number of nitrogens with zero attached hydrogens (tertiary/aromatic N) is 1. The lowest BCUT2D eigenvalue weighted by molar-refractivity contribution is -0.263. The van der Waals surface area contributed by atoms with E-state index in [-0.39, 0.29) is 54.8 Å². The van der Waals surface area contributed by atoms with E-state index in [4.69, 9.17) is 18.9 Å². The van der Waals surface area contributed by atoms with Crippen molar-refractivity contribution in [2.24, 2.45) is 35.5 Å². The lowest BCUT2D eigenvalue weighted by Gasteiger charge is -2.42. The Labute approximate surface area is 375 Å². The van der Waals surface area contributed by atoms with Gasteiger partial charge in [-0.2, -0.15) is 0 Å². The molecule has 0 aromatic heterocycles. The summed E-state index contributed by atoms with van der Waals surface area (Å²) in [4.78, 5) is 71.4. The van der Waals surface area contributed by atoms with E-state index in [0.717, 1.165) is 12.0 Å². The smallest absolute Gasteiger partial charge is 0.329 e. The van der Waals surface area contributed by atoms with Gasteiger partial charge >= 0.3 is 5.97 Å². The van der Waals surface area contributed by atoms with Crippen molar-refractivity contribution >= 4 is 29.2 Å². The molecule has 0 radical (unpaired) electrons. The predicted molar refractivity (Wildman–Crippen MR) is 239 cm³/mol. The summed E-state index contributed by atoms with van der Waals surface area (Å²) in [5, 5.41) is 33.7. The molecule has 3 N–H and O–H groups in total. The molecule has 0 spiro atoms. The monoisotopic (exact) mass is 884 g/mol. The van der Waals surface area contributed by atoms with E-state index in [2.05, 4.69) is 0 Å². The van der Waals surface area contributed by atoms with Gasteiger partial charge in [-0.3, -0.25) is 19.2 Å². The van der Waals surface area contributed by atoms with E-state index in [1.54, 1.807) is 34.0 Å². The first-order valence-corrected chi connectivity index (χ1v) is 23.4. The van der Waals surface area contributed by atoms with Crippen LogP contribution in [0.1, 0.15) is 132 Å². The van der Waals surface area contributed by atoms with Gasteiger partial charge < -0.3 is 39.2 Å². The van der Waals surface area contributed by atoms with Crippen molar-refractivity contribution < 1.29 is 58.2 Å². The Bertz CT molecular complexity index is 1700. The number of carbonyl (C=O) groups excluding carboxylic acids is 5. The molecule has 13 nitrogen and oxygen atoms in total. The SMILES string of the molecule is COC1C(=O)[C@H](C)C[C@H](C)/C=C/C=C/C=C(\C)CC[C@@H]2CC[C@@H](C)[C@@](O)(O2)C(=O)C(=O)N2CCCC[C@H]2C(=O)O[C@H]([C@H](C)C[C@@H]2CC[C@@H](O)[C@H](OC)C2)CC(=O)[C@H](C)/C=C(\C)[C@H]1O. The van der Waals surface area contributed by atoms with E-state index in [1.807, 2.05) is 58.1 Å². The van der Waals surface area contributed by atoms with Gasteiger partial charge in [-0.05, 0) is 114 Å². The van der Waals surface area contributed by atoms with E-state index >= 15 is 0 Å². The lowest BCUT2D eigenvalue weighted by atomic mass is 9.78. The Hall–Kier alpha value is -3.33. The normalized spacial score (nSPS) is 40.1. The van der Waals surface area contributed by atoms with Crippen molar-refractivity contribution in [1.82, 2.24) is 4.90 Å². The zero-order valence-electron chi connectivity index (χ0n) is 39.3. The van der Waals surface area contributed by atoms with Gasteiger partial charge in [0.1, 0.15) is 30.1 Å². The van der Waals surface area contributed by atoms with Gasteiger partial charge in [0, 0.05) is 44.9 Å². The Balaban J connectivity index is 1.67. The number of aliphatic hydroxyl groups is 3. The fourth-order valence-electron chi connectivity index (χ4n) is 9.82. The molecule has 2 saturated heterocycles. The third-order valence-electron chi connectivity index (χ3n) is 14.1. The fourth-order valence-corrected chi connectivity index (χ4v) is 9.82. The van der Waals surface area contributed by atoms with Crippen molar-refractivity contribution in [2.75, 3.05) is 20.8 Å². The number of rotatable bonds is 5. The van der Waals surface area contributed by atoms with E-state index in [1.165, 1.54) is 12.0 Å². The van der Waals surface area contributed by atoms with Gasteiger partial charge in [0.25, 0.3) is 11.7 Å². The highest BCUT2D eigenvalue weighted by Crippen LogP contribution is 2.37. The highest BCUT2D eigenvalue weighted by Gasteiger charge is 2.53. The Morgan fingerprint density at radius 3 is 2.32 bits per heavy atom. The van der Waals surface area contributed by atoms with Gasteiger partial charge in [-0.1, -0.05) is 76.6 Å². The van der Waals surface area contributed by atoms with E-state index < -0.39 is 77.8 Å². The molecule has 3 aliphatic heterocycles. The summed E-state index contributed by atoms with van der Waals surface area (Å²) in [7, 11) is 2.95. The maximum atomic E-state index is 14.3. The Morgan fingerprint density at radius 2 is 1.62 bits per heavy atom. The van der Waals surface area contributed by atoms with Crippen LogP contribution in [0, 0.1) is 35.5 Å². The number of ether oxygens (including phenoxy) is 4. The van der Waals surface area contributed by atoms with Crippen LogP contribution >= 0.6 is 0 Å². The summed E-state index contributed by atoms with van der Waals surface area (Å²) >= 11 is 0. The second kappa shape index (κ2) is 24.3. The molecule has 2 bridgehead atoms. The number of cyclic esters (lactones) is 1. The lowest BCUT2D eigenvalue weighted by Crippen LogP contribution is -2.60. The largest absolute Gasteiger partial charge is 0.460 e. The Kier molecular flexibility index (Phi) is 20.1. The Morgan fingerprint density at radius 1 is 0.889 bits per heavy atom. The average Bonchev–Trinajstić information content (AvgIpc) is 3.26. The molecule has 3 heterocycles. The molecule has 0 aromatic rings. The molecule has 1 aliphatic carbocycles. The molecule has 1 unspecified atom stereocenters. The van der Waals surface area contributed by atoms with Crippen molar-refractivity contribution in [1.29, 1.82) is 0 Å². The molecular weight excluding hydrogens is 807 g/mol. The topological polar surface area (TPSA) is 186 Å². The van der Waals surface area contributed by atoms with Gasteiger partial charge in [0.2, 0.25) is 5.79 Å². The number of hydrogen-bond donors (Lipinski definition) is 3. The number of amides is 1. The second-order valence-electron chi connectivity index (χ2n) is 19.3. The third kappa shape index (κ3) is 14.1. The number of ketones is 3. The molecule has 4 aliphatic rings. The molecule has 63 heavy (non-hydrogen) atoms.